The van der Waals surface area contributed by atoms with Gasteiger partial charge in [-0.15, -0.1) is 0 Å². The second-order valence-electron chi connectivity index (χ2n) is 5.88. The fourth-order valence-corrected chi connectivity index (χ4v) is 2.26. The number of anilines is 3. The molecule has 0 radical (unpaired) electrons. The van der Waals surface area contributed by atoms with Gasteiger partial charge in [0.15, 0.2) is 0 Å². The van der Waals surface area contributed by atoms with Gasteiger partial charge in [0.1, 0.15) is 11.6 Å². The smallest absolute Gasteiger partial charge is 0.224 e. The number of nitrogens with one attached hydrogen (secondary N) is 2. The van der Waals surface area contributed by atoms with Crippen molar-refractivity contribution in [2.75, 3.05) is 44.4 Å². The summed E-state index contributed by atoms with van der Waals surface area (Å²) in [5.41, 5.74) is 1.89. The third kappa shape index (κ3) is 6.04. The van der Waals surface area contributed by atoms with E-state index in [1.807, 2.05) is 44.2 Å². The fraction of sp³-hybridized carbons (Fsp3) is 0.444. The summed E-state index contributed by atoms with van der Waals surface area (Å²) >= 11 is 0. The SMILES string of the molecule is CCOc1ccc(Nc2cc(C)nc(NCCCN(C)C)n2)cc1. The highest BCUT2D eigenvalue weighted by molar-refractivity contribution is 5.58. The first-order chi connectivity index (χ1) is 11.6. The number of aryl methyl sites for hydroxylation is 1. The van der Waals surface area contributed by atoms with Crippen LogP contribution in [0, 0.1) is 6.92 Å². The van der Waals surface area contributed by atoms with Gasteiger partial charge in [0.2, 0.25) is 5.95 Å². The van der Waals surface area contributed by atoms with Crippen molar-refractivity contribution >= 4 is 17.5 Å². The van der Waals surface area contributed by atoms with Gasteiger partial charge in [-0.2, -0.15) is 4.98 Å². The Morgan fingerprint density at radius 2 is 1.88 bits per heavy atom. The van der Waals surface area contributed by atoms with Crippen LogP contribution >= 0.6 is 0 Å². The van der Waals surface area contributed by atoms with E-state index in [-0.39, 0.29) is 0 Å². The van der Waals surface area contributed by atoms with Crippen molar-refractivity contribution in [3.05, 3.63) is 36.0 Å². The van der Waals surface area contributed by atoms with Crippen LogP contribution in [0.2, 0.25) is 0 Å². The molecule has 0 aliphatic carbocycles. The number of ether oxygens (including phenoxy) is 1. The van der Waals surface area contributed by atoms with Crippen LogP contribution in [0.15, 0.2) is 30.3 Å². The van der Waals surface area contributed by atoms with Gasteiger partial charge in [-0.3, -0.25) is 0 Å². The number of rotatable bonds is 9. The summed E-state index contributed by atoms with van der Waals surface area (Å²) in [7, 11) is 4.14. The molecule has 0 bridgehead atoms. The Hall–Kier alpha value is -2.34. The van der Waals surface area contributed by atoms with E-state index in [9.17, 15) is 0 Å². The normalized spacial score (nSPS) is 10.7. The first-order valence-electron chi connectivity index (χ1n) is 8.31. The van der Waals surface area contributed by atoms with E-state index >= 15 is 0 Å². The molecular formula is C18H27N5O. The molecule has 6 heteroatoms. The molecule has 2 aromatic rings. The van der Waals surface area contributed by atoms with Gasteiger partial charge in [-0.05, 0) is 65.2 Å². The third-order valence-electron chi connectivity index (χ3n) is 3.36. The van der Waals surface area contributed by atoms with E-state index in [1.165, 1.54) is 0 Å². The zero-order valence-corrected chi connectivity index (χ0v) is 15.0. The molecule has 0 unspecified atom stereocenters. The highest BCUT2D eigenvalue weighted by Crippen LogP contribution is 2.20. The van der Waals surface area contributed by atoms with Crippen LogP contribution in [0.5, 0.6) is 5.75 Å². The van der Waals surface area contributed by atoms with Crippen LogP contribution in [-0.4, -0.2) is 48.7 Å². The molecule has 0 amide bonds. The average Bonchev–Trinajstić information content (AvgIpc) is 2.53. The lowest BCUT2D eigenvalue weighted by molar-refractivity contribution is 0.340. The molecule has 2 rings (SSSR count). The van der Waals surface area contributed by atoms with Crippen molar-refractivity contribution in [1.82, 2.24) is 14.9 Å². The predicted octanol–water partition coefficient (Wildman–Crippen LogP) is 3.29. The lowest BCUT2D eigenvalue weighted by Crippen LogP contribution is -2.17. The predicted molar refractivity (Wildman–Crippen MR) is 99.3 cm³/mol. The van der Waals surface area contributed by atoms with Crippen LogP contribution in [-0.2, 0) is 0 Å². The third-order valence-corrected chi connectivity index (χ3v) is 3.36. The monoisotopic (exact) mass is 329 g/mol. The Bertz CT molecular complexity index is 628. The van der Waals surface area contributed by atoms with Crippen molar-refractivity contribution in [3.8, 4) is 5.75 Å². The van der Waals surface area contributed by atoms with E-state index in [0.29, 0.717) is 12.6 Å². The van der Waals surface area contributed by atoms with E-state index in [4.69, 9.17) is 4.74 Å². The second-order valence-corrected chi connectivity index (χ2v) is 5.88. The van der Waals surface area contributed by atoms with Crippen LogP contribution in [0.4, 0.5) is 17.5 Å². The molecule has 0 saturated carbocycles. The fourth-order valence-electron chi connectivity index (χ4n) is 2.26. The summed E-state index contributed by atoms with van der Waals surface area (Å²) in [4.78, 5) is 11.1. The van der Waals surface area contributed by atoms with E-state index in [2.05, 4.69) is 39.6 Å². The number of nitrogens with zero attached hydrogens (tertiary/aromatic N) is 3. The van der Waals surface area contributed by atoms with Gasteiger partial charge in [-0.1, -0.05) is 0 Å². The maximum Gasteiger partial charge on any atom is 0.224 e. The highest BCUT2D eigenvalue weighted by atomic mass is 16.5. The molecular weight excluding hydrogens is 302 g/mol. The molecule has 1 heterocycles. The molecule has 24 heavy (non-hydrogen) atoms. The topological polar surface area (TPSA) is 62.3 Å². The van der Waals surface area contributed by atoms with Gasteiger partial charge in [0.05, 0.1) is 6.61 Å². The molecule has 6 nitrogen and oxygen atoms in total. The highest BCUT2D eigenvalue weighted by Gasteiger charge is 2.03. The largest absolute Gasteiger partial charge is 0.494 e. The van der Waals surface area contributed by atoms with Crippen LogP contribution in [0.1, 0.15) is 19.0 Å². The summed E-state index contributed by atoms with van der Waals surface area (Å²) in [5.74, 6) is 2.30. The summed E-state index contributed by atoms with van der Waals surface area (Å²) in [6.07, 6.45) is 1.05. The summed E-state index contributed by atoms with van der Waals surface area (Å²) < 4.78 is 5.45. The van der Waals surface area contributed by atoms with Gasteiger partial charge >= 0.3 is 0 Å². The standard InChI is InChI=1S/C18H27N5O/c1-5-24-16-9-7-15(8-10-16)21-17-13-14(2)20-18(22-17)19-11-6-12-23(3)4/h7-10,13H,5-6,11-12H2,1-4H3,(H2,19,20,21,22). The average molecular weight is 329 g/mol. The van der Waals surface area contributed by atoms with Crippen LogP contribution in [0.3, 0.4) is 0 Å². The lowest BCUT2D eigenvalue weighted by atomic mass is 10.3. The van der Waals surface area contributed by atoms with Gasteiger partial charge < -0.3 is 20.3 Å². The number of benzene rings is 1. The Morgan fingerprint density at radius 1 is 1.12 bits per heavy atom. The molecule has 2 N–H and O–H groups in total. The zero-order chi connectivity index (χ0) is 17.4. The van der Waals surface area contributed by atoms with Gasteiger partial charge in [-0.25, -0.2) is 4.98 Å². The van der Waals surface area contributed by atoms with Crippen LogP contribution in [0.25, 0.3) is 0 Å². The molecule has 0 aliphatic heterocycles. The van der Waals surface area contributed by atoms with Crippen molar-refractivity contribution in [1.29, 1.82) is 0 Å². The molecule has 1 aromatic carbocycles. The van der Waals surface area contributed by atoms with Crippen molar-refractivity contribution < 1.29 is 4.74 Å². The number of hydrogen-bond acceptors (Lipinski definition) is 6. The molecule has 0 atom stereocenters. The molecule has 0 fully saturated rings. The Kier molecular flexibility index (Phi) is 6.81. The Labute approximate surface area is 144 Å². The van der Waals surface area contributed by atoms with Crippen LogP contribution < -0.4 is 15.4 Å². The minimum atomic E-state index is 0.655. The number of hydrogen-bond donors (Lipinski definition) is 2. The Balaban J connectivity index is 1.97. The minimum Gasteiger partial charge on any atom is -0.494 e. The van der Waals surface area contributed by atoms with Crippen molar-refractivity contribution in [3.63, 3.8) is 0 Å². The Morgan fingerprint density at radius 3 is 2.54 bits per heavy atom. The summed E-state index contributed by atoms with van der Waals surface area (Å²) in [5, 5.41) is 6.59. The van der Waals surface area contributed by atoms with Crippen molar-refractivity contribution in [2.24, 2.45) is 0 Å². The van der Waals surface area contributed by atoms with E-state index in [1.54, 1.807) is 0 Å². The molecule has 0 saturated heterocycles. The van der Waals surface area contributed by atoms with Gasteiger partial charge in [0.25, 0.3) is 0 Å². The first kappa shape index (κ1) is 18.0. The molecule has 0 spiro atoms. The molecule has 0 aliphatic rings. The minimum absolute atomic E-state index is 0.655. The molecule has 130 valence electrons. The second kappa shape index (κ2) is 9.08. The quantitative estimate of drug-likeness (QED) is 0.688. The summed E-state index contributed by atoms with van der Waals surface area (Å²) in [6, 6.07) is 9.78. The first-order valence-corrected chi connectivity index (χ1v) is 8.31. The van der Waals surface area contributed by atoms with Gasteiger partial charge in [0, 0.05) is 24.0 Å². The number of aromatic nitrogens is 2. The van der Waals surface area contributed by atoms with E-state index in [0.717, 1.165) is 42.5 Å². The van der Waals surface area contributed by atoms with E-state index < -0.39 is 0 Å². The van der Waals surface area contributed by atoms with Crippen molar-refractivity contribution in [2.45, 2.75) is 20.3 Å². The maximum absolute atomic E-state index is 5.45. The summed E-state index contributed by atoms with van der Waals surface area (Å²) in [6.45, 7) is 6.50. The maximum atomic E-state index is 5.45. The zero-order valence-electron chi connectivity index (χ0n) is 15.0. The molecule has 1 aromatic heterocycles. The lowest BCUT2D eigenvalue weighted by Gasteiger charge is -2.12.